The van der Waals surface area contributed by atoms with E-state index in [2.05, 4.69) is 4.74 Å². The third-order valence-corrected chi connectivity index (χ3v) is 4.15. The predicted molar refractivity (Wildman–Crippen MR) is 53.1 cm³/mol. The lowest BCUT2D eigenvalue weighted by atomic mass is 10.6. The molecule has 0 heterocycles. The SMILES string of the molecule is COCCN(C(C)[SH](=O)=O)S(=O)(=O)Cl. The maximum absolute atomic E-state index is 11.0. The summed E-state index contributed by atoms with van der Waals surface area (Å²) in [6.07, 6.45) is 0. The number of hydrogen-bond acceptors (Lipinski definition) is 5. The van der Waals surface area contributed by atoms with Crippen LogP contribution in [0.15, 0.2) is 0 Å². The van der Waals surface area contributed by atoms with E-state index in [1.165, 1.54) is 14.0 Å². The van der Waals surface area contributed by atoms with E-state index in [1.807, 2.05) is 0 Å². The van der Waals surface area contributed by atoms with Crippen LogP contribution in [-0.4, -0.2) is 46.8 Å². The fraction of sp³-hybridized carbons (Fsp3) is 1.00. The van der Waals surface area contributed by atoms with Crippen molar-refractivity contribution in [3.05, 3.63) is 0 Å². The Kier molecular flexibility index (Phi) is 5.91. The second kappa shape index (κ2) is 5.86. The van der Waals surface area contributed by atoms with Crippen molar-refractivity contribution >= 4 is 30.6 Å². The maximum Gasteiger partial charge on any atom is 0.301 e. The highest BCUT2D eigenvalue weighted by Crippen LogP contribution is 2.11. The van der Waals surface area contributed by atoms with Crippen molar-refractivity contribution in [2.75, 3.05) is 20.3 Å². The summed E-state index contributed by atoms with van der Waals surface area (Å²) in [5.74, 6) is 0. The Morgan fingerprint density at radius 2 is 2.00 bits per heavy atom. The number of hydrogen-bond donors (Lipinski definition) is 1. The molecule has 1 unspecified atom stereocenters. The average molecular weight is 266 g/mol. The Hall–Kier alpha value is 0.110. The molecule has 0 bridgehead atoms. The molecule has 0 aromatic heterocycles. The first-order valence-corrected chi connectivity index (χ1v) is 7.16. The van der Waals surface area contributed by atoms with Gasteiger partial charge in [-0.05, 0) is 6.92 Å². The molecule has 0 rings (SSSR count). The summed E-state index contributed by atoms with van der Waals surface area (Å²) in [5, 5.41) is -1.16. The van der Waals surface area contributed by atoms with Crippen LogP contribution < -0.4 is 0 Å². The molecule has 0 aliphatic carbocycles. The van der Waals surface area contributed by atoms with Gasteiger partial charge in [0.2, 0.25) is 0 Å². The van der Waals surface area contributed by atoms with Crippen molar-refractivity contribution < 1.29 is 21.6 Å². The van der Waals surface area contributed by atoms with Gasteiger partial charge in [0.15, 0.2) is 10.7 Å². The van der Waals surface area contributed by atoms with Gasteiger partial charge in [0.25, 0.3) is 0 Å². The first-order valence-electron chi connectivity index (χ1n) is 3.64. The molecule has 0 saturated carbocycles. The lowest BCUT2D eigenvalue weighted by Crippen LogP contribution is -2.38. The molecular weight excluding hydrogens is 254 g/mol. The summed E-state index contributed by atoms with van der Waals surface area (Å²) in [7, 11) is -0.490. The molecular formula is C5H12ClNO5S2. The second-order valence-electron chi connectivity index (χ2n) is 2.46. The van der Waals surface area contributed by atoms with Crippen molar-refractivity contribution in [2.24, 2.45) is 0 Å². The van der Waals surface area contributed by atoms with Crippen molar-refractivity contribution in [1.82, 2.24) is 4.31 Å². The summed E-state index contributed by atoms with van der Waals surface area (Å²) in [5.41, 5.74) is 0. The quantitative estimate of drug-likeness (QED) is 0.511. The number of ether oxygens (including phenoxy) is 1. The zero-order valence-corrected chi connectivity index (χ0v) is 10.2. The Bertz CT molecular complexity index is 330. The average Bonchev–Trinajstić information content (AvgIpc) is 2.02. The van der Waals surface area contributed by atoms with Gasteiger partial charge in [-0.25, -0.2) is 8.42 Å². The van der Waals surface area contributed by atoms with Crippen LogP contribution in [0.3, 0.4) is 0 Å². The Labute approximate surface area is 89.3 Å². The molecule has 0 saturated heterocycles. The van der Waals surface area contributed by atoms with Gasteiger partial charge in [0, 0.05) is 24.3 Å². The van der Waals surface area contributed by atoms with Gasteiger partial charge in [0.1, 0.15) is 5.37 Å². The van der Waals surface area contributed by atoms with E-state index in [-0.39, 0.29) is 13.2 Å². The zero-order chi connectivity index (χ0) is 11.4. The van der Waals surface area contributed by atoms with Gasteiger partial charge in [-0.15, -0.1) is 0 Å². The fourth-order valence-electron chi connectivity index (χ4n) is 0.765. The lowest BCUT2D eigenvalue weighted by Gasteiger charge is -2.20. The van der Waals surface area contributed by atoms with Crippen LogP contribution in [0.5, 0.6) is 0 Å². The first-order chi connectivity index (χ1) is 6.30. The molecule has 0 fully saturated rings. The van der Waals surface area contributed by atoms with E-state index in [0.717, 1.165) is 0 Å². The molecule has 9 heteroatoms. The molecule has 0 N–H and O–H groups in total. The van der Waals surface area contributed by atoms with Crippen molar-refractivity contribution in [2.45, 2.75) is 12.3 Å². The summed E-state index contributed by atoms with van der Waals surface area (Å²) in [6.45, 7) is 1.23. The van der Waals surface area contributed by atoms with E-state index >= 15 is 0 Å². The highest BCUT2D eigenvalue weighted by Gasteiger charge is 2.26. The number of nitrogens with zero attached hydrogens (tertiary/aromatic N) is 1. The van der Waals surface area contributed by atoms with E-state index < -0.39 is 25.3 Å². The van der Waals surface area contributed by atoms with E-state index in [1.54, 1.807) is 0 Å². The zero-order valence-electron chi connectivity index (χ0n) is 7.71. The minimum Gasteiger partial charge on any atom is -0.383 e. The normalized spacial score (nSPS) is 14.9. The number of rotatable bonds is 6. The Balaban J connectivity index is 4.73. The molecule has 0 aliphatic heterocycles. The minimum absolute atomic E-state index is 0.0828. The molecule has 14 heavy (non-hydrogen) atoms. The van der Waals surface area contributed by atoms with Gasteiger partial charge < -0.3 is 4.74 Å². The van der Waals surface area contributed by atoms with Crippen LogP contribution in [-0.2, 0) is 24.7 Å². The highest BCUT2D eigenvalue weighted by molar-refractivity contribution is 8.12. The van der Waals surface area contributed by atoms with Crippen LogP contribution in [0.2, 0.25) is 0 Å². The van der Waals surface area contributed by atoms with E-state index in [9.17, 15) is 16.8 Å². The van der Waals surface area contributed by atoms with Gasteiger partial charge in [-0.1, -0.05) is 0 Å². The highest BCUT2D eigenvalue weighted by atomic mass is 35.7. The van der Waals surface area contributed by atoms with Crippen LogP contribution in [0.4, 0.5) is 0 Å². The van der Waals surface area contributed by atoms with Crippen LogP contribution in [0, 0.1) is 0 Å². The van der Waals surface area contributed by atoms with Crippen LogP contribution in [0.25, 0.3) is 0 Å². The first kappa shape index (κ1) is 14.1. The van der Waals surface area contributed by atoms with Crippen LogP contribution in [0.1, 0.15) is 6.92 Å². The monoisotopic (exact) mass is 265 g/mol. The number of methoxy groups -OCH3 is 1. The van der Waals surface area contributed by atoms with E-state index in [0.29, 0.717) is 4.31 Å². The molecule has 0 aliphatic rings. The molecule has 0 aromatic carbocycles. The summed E-state index contributed by atoms with van der Waals surface area (Å²) < 4.78 is 48.4. The Morgan fingerprint density at radius 3 is 2.29 bits per heavy atom. The predicted octanol–water partition coefficient (Wildman–Crippen LogP) is -0.624. The third-order valence-electron chi connectivity index (χ3n) is 1.52. The smallest absolute Gasteiger partial charge is 0.301 e. The number of halogens is 1. The molecule has 0 amide bonds. The summed E-state index contributed by atoms with van der Waals surface area (Å²) in [4.78, 5) is 0. The van der Waals surface area contributed by atoms with Crippen molar-refractivity contribution in [1.29, 1.82) is 0 Å². The maximum atomic E-state index is 11.0. The minimum atomic E-state index is -4.04. The summed E-state index contributed by atoms with van der Waals surface area (Å²) >= 11 is 0. The van der Waals surface area contributed by atoms with Gasteiger partial charge in [-0.2, -0.15) is 12.7 Å². The van der Waals surface area contributed by atoms with Crippen LogP contribution >= 0.6 is 10.7 Å². The van der Waals surface area contributed by atoms with Gasteiger partial charge in [-0.3, -0.25) is 0 Å². The largest absolute Gasteiger partial charge is 0.383 e. The topological polar surface area (TPSA) is 80.8 Å². The molecule has 1 atom stereocenters. The molecule has 0 aromatic rings. The molecule has 6 nitrogen and oxygen atoms in total. The van der Waals surface area contributed by atoms with Crippen molar-refractivity contribution in [3.63, 3.8) is 0 Å². The third kappa shape index (κ3) is 4.56. The van der Waals surface area contributed by atoms with Gasteiger partial charge in [0.05, 0.1) is 6.61 Å². The molecule has 0 radical (unpaired) electrons. The lowest BCUT2D eigenvalue weighted by molar-refractivity contribution is 0.178. The summed E-state index contributed by atoms with van der Waals surface area (Å²) in [6, 6.07) is 0. The number of thiol groups is 1. The fourth-order valence-corrected chi connectivity index (χ4v) is 3.08. The molecule has 86 valence electrons. The van der Waals surface area contributed by atoms with Gasteiger partial charge >= 0.3 is 9.24 Å². The second-order valence-corrected chi connectivity index (χ2v) is 6.24. The molecule has 0 spiro atoms. The Morgan fingerprint density at radius 1 is 1.50 bits per heavy atom. The standard InChI is InChI=1S/C5H12ClNO5S2/c1-5(13(8)9)7(3-4-12-2)14(6,10)11/h5,13H,3-4H2,1-2H3. The van der Waals surface area contributed by atoms with E-state index in [4.69, 9.17) is 10.7 Å². The van der Waals surface area contributed by atoms with Crippen molar-refractivity contribution in [3.8, 4) is 0 Å².